The van der Waals surface area contributed by atoms with E-state index >= 15 is 0 Å². The van der Waals surface area contributed by atoms with Crippen LogP contribution >= 0.6 is 0 Å². The van der Waals surface area contributed by atoms with E-state index in [1.165, 1.54) is 11.1 Å². The van der Waals surface area contributed by atoms with E-state index in [0.717, 1.165) is 0 Å². The third-order valence-corrected chi connectivity index (χ3v) is 31.3. The van der Waals surface area contributed by atoms with Gasteiger partial charge >= 0.3 is 0 Å². The van der Waals surface area contributed by atoms with Crippen LogP contribution in [0.25, 0.3) is 0 Å². The minimum Gasteiger partial charge on any atom is -0.130 e. The number of rotatable bonds is 3. The van der Waals surface area contributed by atoms with Gasteiger partial charge in [-0.2, -0.15) is 0 Å². The molecule has 1 heterocycles. The zero-order valence-corrected chi connectivity index (χ0v) is 23.6. The van der Waals surface area contributed by atoms with Crippen molar-refractivity contribution in [3.05, 3.63) is 20.8 Å². The van der Waals surface area contributed by atoms with E-state index in [1.807, 2.05) is 0 Å². The van der Waals surface area contributed by atoms with Gasteiger partial charge in [0.1, 0.15) is 7.59 Å². The van der Waals surface area contributed by atoms with Crippen molar-refractivity contribution in [2.75, 3.05) is 0 Å². The normalized spacial score (nSPS) is 18.4. The molecule has 0 N–H and O–H groups in total. The maximum Gasteiger partial charge on any atom is 0.121 e. The Labute approximate surface area is 163 Å². The molecule has 1 radical (unpaired) electrons. The second-order valence-electron chi connectivity index (χ2n) is 10.6. The van der Waals surface area contributed by atoms with E-state index < -0.39 is 31.8 Å². The van der Waals surface area contributed by atoms with Gasteiger partial charge in [-0.3, -0.25) is 0 Å². The maximum absolute atomic E-state index is 6.10. The number of hydrogen-bond donors (Lipinski definition) is 0. The Hall–Kier alpha value is -0.316. The first-order valence-corrected chi connectivity index (χ1v) is 25.8. The van der Waals surface area contributed by atoms with Crippen LogP contribution in [0.4, 0.5) is 0 Å². The largest absolute Gasteiger partial charge is 0.130 e. The molecule has 0 aromatic rings. The van der Waals surface area contributed by atoms with Gasteiger partial charge in [-0.25, -0.2) is 0 Å². The Morgan fingerprint density at radius 3 is 1.52 bits per heavy atom. The minimum atomic E-state index is -1.68. The molecule has 5 heteroatoms. The molecule has 0 saturated carbocycles. The average molecular weight is 418 g/mol. The van der Waals surface area contributed by atoms with Crippen molar-refractivity contribution in [1.29, 1.82) is 0 Å². The van der Waals surface area contributed by atoms with Crippen LogP contribution < -0.4 is 0 Å². The lowest BCUT2D eigenvalue weighted by Gasteiger charge is -2.37. The molecule has 137 valence electrons. The molecule has 0 saturated heterocycles. The SMILES string of the molecule is C#CC1=C([Si](C)(C)C)[Si](C)(C)C([Si](C)(C)C)=C1C#C[Si](C)(C)[Si](C)C. The van der Waals surface area contributed by atoms with Gasteiger partial charge < -0.3 is 0 Å². The monoisotopic (exact) mass is 417 g/mol. The first-order chi connectivity index (χ1) is 11.0. The summed E-state index contributed by atoms with van der Waals surface area (Å²) in [5.41, 5.74) is 6.30. The summed E-state index contributed by atoms with van der Waals surface area (Å²) in [5, 5.41) is 0. The van der Waals surface area contributed by atoms with Crippen LogP contribution in [0.1, 0.15) is 0 Å². The fraction of sp³-hybridized carbons (Fsp3) is 0.600. The Kier molecular flexibility index (Phi) is 6.38. The topological polar surface area (TPSA) is 0 Å². The fourth-order valence-electron chi connectivity index (χ4n) is 4.24. The highest BCUT2D eigenvalue weighted by atomic mass is 29.2. The Bertz CT molecular complexity index is 717. The molecule has 0 aliphatic carbocycles. The van der Waals surface area contributed by atoms with Crippen LogP contribution in [-0.4, -0.2) is 40.1 Å². The third kappa shape index (κ3) is 4.51. The van der Waals surface area contributed by atoms with Gasteiger partial charge in [-0.1, -0.05) is 100 Å². The molecule has 0 fully saturated rings. The van der Waals surface area contributed by atoms with Crippen molar-refractivity contribution in [1.82, 2.24) is 0 Å². The predicted molar refractivity (Wildman–Crippen MR) is 130 cm³/mol. The van der Waals surface area contributed by atoms with Crippen molar-refractivity contribution >= 4 is 40.1 Å². The first-order valence-electron chi connectivity index (χ1n) is 9.29. The molecular weight excluding hydrogens is 381 g/mol. The maximum atomic E-state index is 6.10. The lowest BCUT2D eigenvalue weighted by Crippen LogP contribution is -2.48. The number of hydrogen-bond acceptors (Lipinski definition) is 0. The van der Waals surface area contributed by atoms with Crippen molar-refractivity contribution < 1.29 is 0 Å². The molecule has 0 amide bonds. The summed E-state index contributed by atoms with van der Waals surface area (Å²) < 4.78 is 0. The number of terminal acetylenes is 1. The molecule has 0 bridgehead atoms. The minimum absolute atomic E-state index is 0.342. The van der Waals surface area contributed by atoms with E-state index in [0.29, 0.717) is 0 Å². The van der Waals surface area contributed by atoms with Gasteiger partial charge in [0.15, 0.2) is 0 Å². The Balaban J connectivity index is 3.85. The van der Waals surface area contributed by atoms with Crippen LogP contribution in [0.15, 0.2) is 20.8 Å². The van der Waals surface area contributed by atoms with E-state index in [-0.39, 0.29) is 8.31 Å². The van der Waals surface area contributed by atoms with Gasteiger partial charge in [-0.05, 0) is 0 Å². The van der Waals surface area contributed by atoms with Gasteiger partial charge in [0.25, 0.3) is 0 Å². The van der Waals surface area contributed by atoms with Crippen molar-refractivity contribution in [2.24, 2.45) is 0 Å². The predicted octanol–water partition coefficient (Wildman–Crippen LogP) is 5.85. The molecule has 1 rings (SSSR count). The van der Waals surface area contributed by atoms with Gasteiger partial charge in [0.05, 0.1) is 24.2 Å². The van der Waals surface area contributed by atoms with Crippen LogP contribution in [0.5, 0.6) is 0 Å². The molecule has 0 unspecified atom stereocenters. The van der Waals surface area contributed by atoms with E-state index in [9.17, 15) is 0 Å². The molecule has 25 heavy (non-hydrogen) atoms. The molecule has 1 aliphatic rings. The third-order valence-electron chi connectivity index (χ3n) is 5.39. The zero-order valence-electron chi connectivity index (χ0n) is 18.6. The fourth-order valence-corrected chi connectivity index (χ4v) is 25.8. The lowest BCUT2D eigenvalue weighted by atomic mass is 10.1. The first kappa shape index (κ1) is 22.7. The molecule has 0 aromatic carbocycles. The second-order valence-corrected chi connectivity index (χ2v) is 38.1. The van der Waals surface area contributed by atoms with Gasteiger partial charge in [-0.15, -0.1) is 12.0 Å². The van der Waals surface area contributed by atoms with Crippen LogP contribution in [-0.2, 0) is 0 Å². The summed E-state index contributed by atoms with van der Waals surface area (Å²) in [7, 11) is -6.41. The highest BCUT2D eigenvalue weighted by Gasteiger charge is 2.49. The summed E-state index contributed by atoms with van der Waals surface area (Å²) in [6.45, 7) is 29.6. The lowest BCUT2D eigenvalue weighted by molar-refractivity contribution is 1.61. The zero-order chi connectivity index (χ0) is 20.0. The Morgan fingerprint density at radius 1 is 0.800 bits per heavy atom. The second kappa shape index (κ2) is 7.01. The van der Waals surface area contributed by atoms with E-state index in [1.54, 1.807) is 9.64 Å². The van der Waals surface area contributed by atoms with Gasteiger partial charge in [0, 0.05) is 19.5 Å². The van der Waals surface area contributed by atoms with Gasteiger partial charge in [0.2, 0.25) is 0 Å². The average Bonchev–Trinajstić information content (AvgIpc) is 2.61. The summed E-state index contributed by atoms with van der Waals surface area (Å²) >= 11 is 0. The van der Waals surface area contributed by atoms with Crippen molar-refractivity contribution in [3.8, 4) is 23.8 Å². The molecule has 0 spiro atoms. The molecule has 0 atom stereocenters. The smallest absolute Gasteiger partial charge is 0.121 e. The number of allylic oxidation sites excluding steroid dienone is 2. The summed E-state index contributed by atoms with van der Waals surface area (Å²) in [5.74, 6) is 6.86. The molecule has 0 aromatic heterocycles. The highest BCUT2D eigenvalue weighted by Crippen LogP contribution is 2.46. The van der Waals surface area contributed by atoms with Crippen LogP contribution in [0.3, 0.4) is 0 Å². The molecule has 1 aliphatic heterocycles. The molecular formula is C20H37Si5. The van der Waals surface area contributed by atoms with Crippen LogP contribution in [0, 0.1) is 23.8 Å². The van der Waals surface area contributed by atoms with Crippen LogP contribution in [0.2, 0.25) is 78.6 Å². The van der Waals surface area contributed by atoms with E-state index in [2.05, 4.69) is 95.9 Å². The standard InChI is InChI=1S/C20H37Si5/c1-14-17-18(15-16-24(10,11)21(2)3)20(23(7,8)9)25(12,13)19(17)22(4,5)6/h1H,2-13H3. The highest BCUT2D eigenvalue weighted by molar-refractivity contribution is 7.35. The van der Waals surface area contributed by atoms with Crippen molar-refractivity contribution in [3.63, 3.8) is 0 Å². The Morgan fingerprint density at radius 2 is 1.20 bits per heavy atom. The molecule has 0 nitrogen and oxygen atoms in total. The summed E-state index contributed by atoms with van der Waals surface area (Å²) in [4.78, 5) is 3.41. The quantitative estimate of drug-likeness (QED) is 0.399. The summed E-state index contributed by atoms with van der Waals surface area (Å²) in [6, 6.07) is 0. The summed E-state index contributed by atoms with van der Waals surface area (Å²) in [6.07, 6.45) is 6.10. The van der Waals surface area contributed by atoms with Crippen molar-refractivity contribution in [2.45, 2.75) is 78.6 Å². The van der Waals surface area contributed by atoms with E-state index in [4.69, 9.17) is 6.42 Å².